The molecule has 0 fully saturated rings. The topological polar surface area (TPSA) is 18.5 Å². The second-order valence-corrected chi connectivity index (χ2v) is 4.50. The second-order valence-electron chi connectivity index (χ2n) is 4.50. The van der Waals surface area contributed by atoms with Crippen molar-refractivity contribution in [2.45, 2.75) is 0 Å². The van der Waals surface area contributed by atoms with Crippen LogP contribution in [0, 0.1) is 6.07 Å². The van der Waals surface area contributed by atoms with Gasteiger partial charge in [-0.2, -0.15) is 0 Å². The van der Waals surface area contributed by atoms with Crippen LogP contribution in [0.1, 0.15) is 0 Å². The predicted molar refractivity (Wildman–Crippen MR) is 74.3 cm³/mol. The molecule has 0 amide bonds. The molecule has 0 unspecified atom stereocenters. The van der Waals surface area contributed by atoms with Crippen molar-refractivity contribution in [3.8, 4) is 22.6 Å². The van der Waals surface area contributed by atoms with Gasteiger partial charge in [0, 0.05) is 5.56 Å². The number of benzene rings is 3. The lowest BCUT2D eigenvalue weighted by Crippen LogP contribution is -1.93. The molecule has 91 valence electrons. The Morgan fingerprint density at radius 2 is 1.79 bits per heavy atom. The minimum Gasteiger partial charge on any atom is -0.454 e. The van der Waals surface area contributed by atoms with Crippen molar-refractivity contribution in [2.75, 3.05) is 6.79 Å². The molecule has 0 spiro atoms. The Morgan fingerprint density at radius 3 is 2.79 bits per heavy atom. The SMILES string of the molecule is [c]1c(-c2cccc3c2OCO3)ccc2ccccc12. The molecule has 3 aromatic rings. The van der Waals surface area contributed by atoms with Crippen molar-refractivity contribution in [3.05, 3.63) is 60.7 Å². The molecule has 0 saturated carbocycles. The maximum absolute atomic E-state index is 5.55. The van der Waals surface area contributed by atoms with Crippen molar-refractivity contribution >= 4 is 10.8 Å². The number of hydrogen-bond acceptors (Lipinski definition) is 2. The largest absolute Gasteiger partial charge is 0.454 e. The Labute approximate surface area is 111 Å². The molecule has 0 aromatic heterocycles. The summed E-state index contributed by atoms with van der Waals surface area (Å²) in [6, 6.07) is 21.8. The van der Waals surface area contributed by atoms with Gasteiger partial charge in [0.2, 0.25) is 6.79 Å². The highest BCUT2D eigenvalue weighted by molar-refractivity contribution is 5.88. The molecule has 2 nitrogen and oxygen atoms in total. The van der Waals surface area contributed by atoms with Crippen LogP contribution in [0.25, 0.3) is 21.9 Å². The van der Waals surface area contributed by atoms with Crippen LogP contribution in [0.4, 0.5) is 0 Å². The van der Waals surface area contributed by atoms with E-state index in [1.165, 1.54) is 5.39 Å². The van der Waals surface area contributed by atoms with Crippen molar-refractivity contribution in [2.24, 2.45) is 0 Å². The standard InChI is InChI=1S/C17H11O2/c1-2-5-13-10-14(9-8-12(13)4-1)15-6-3-7-16-17(15)19-11-18-16/h1-9H,11H2. The number of ether oxygens (including phenoxy) is 2. The van der Waals surface area contributed by atoms with Crippen molar-refractivity contribution in [1.82, 2.24) is 0 Å². The van der Waals surface area contributed by atoms with Crippen molar-refractivity contribution < 1.29 is 9.47 Å². The molecule has 1 radical (unpaired) electrons. The highest BCUT2D eigenvalue weighted by atomic mass is 16.7. The average molecular weight is 247 g/mol. The minimum absolute atomic E-state index is 0.292. The first-order chi connectivity index (χ1) is 9.42. The van der Waals surface area contributed by atoms with Gasteiger partial charge in [0.05, 0.1) is 0 Å². The molecule has 4 rings (SSSR count). The second kappa shape index (κ2) is 4.02. The first-order valence-corrected chi connectivity index (χ1v) is 6.22. The zero-order chi connectivity index (χ0) is 12.7. The van der Waals surface area contributed by atoms with Crippen LogP contribution in [0.2, 0.25) is 0 Å². The van der Waals surface area contributed by atoms with Gasteiger partial charge >= 0.3 is 0 Å². The molecule has 2 heteroatoms. The molecule has 19 heavy (non-hydrogen) atoms. The van der Waals surface area contributed by atoms with E-state index in [4.69, 9.17) is 9.47 Å². The summed E-state index contributed by atoms with van der Waals surface area (Å²) in [6.45, 7) is 0.292. The smallest absolute Gasteiger partial charge is 0.231 e. The van der Waals surface area contributed by atoms with Gasteiger partial charge in [-0.15, -0.1) is 0 Å². The third kappa shape index (κ3) is 1.65. The molecule has 0 bridgehead atoms. The number of para-hydroxylation sites is 1. The Bertz CT molecular complexity index is 762. The molecule has 0 saturated heterocycles. The van der Waals surface area contributed by atoms with E-state index in [0.29, 0.717) is 6.79 Å². The zero-order valence-electron chi connectivity index (χ0n) is 10.2. The van der Waals surface area contributed by atoms with E-state index in [0.717, 1.165) is 28.0 Å². The minimum atomic E-state index is 0.292. The van der Waals surface area contributed by atoms with Gasteiger partial charge < -0.3 is 9.47 Å². The summed E-state index contributed by atoms with van der Waals surface area (Å²) in [6.07, 6.45) is 0. The van der Waals surface area contributed by atoms with E-state index in [-0.39, 0.29) is 0 Å². The quantitative estimate of drug-likeness (QED) is 0.646. The molecule has 0 aliphatic carbocycles. The molecule has 0 N–H and O–H groups in total. The molecule has 1 aliphatic rings. The highest BCUT2D eigenvalue weighted by Gasteiger charge is 2.18. The van der Waals surface area contributed by atoms with Crippen LogP contribution >= 0.6 is 0 Å². The fourth-order valence-electron chi connectivity index (χ4n) is 2.42. The van der Waals surface area contributed by atoms with Gasteiger partial charge in [-0.25, -0.2) is 0 Å². The van der Waals surface area contributed by atoms with Gasteiger partial charge in [-0.3, -0.25) is 0 Å². The highest BCUT2D eigenvalue weighted by Crippen LogP contribution is 2.41. The molecular weight excluding hydrogens is 236 g/mol. The van der Waals surface area contributed by atoms with E-state index < -0.39 is 0 Å². The van der Waals surface area contributed by atoms with Crippen molar-refractivity contribution in [1.29, 1.82) is 0 Å². The lowest BCUT2D eigenvalue weighted by Gasteiger charge is -2.06. The third-order valence-electron chi connectivity index (χ3n) is 3.35. The van der Waals surface area contributed by atoms with E-state index in [1.54, 1.807) is 0 Å². The van der Waals surface area contributed by atoms with Crippen molar-refractivity contribution in [3.63, 3.8) is 0 Å². The summed E-state index contributed by atoms with van der Waals surface area (Å²) in [5, 5.41) is 2.30. The van der Waals surface area contributed by atoms with E-state index in [2.05, 4.69) is 30.3 Å². The van der Waals surface area contributed by atoms with E-state index in [9.17, 15) is 0 Å². The molecule has 3 aromatic carbocycles. The van der Waals surface area contributed by atoms with Gasteiger partial charge in [0.15, 0.2) is 11.5 Å². The number of fused-ring (bicyclic) bond motifs is 2. The summed E-state index contributed by atoms with van der Waals surface area (Å²) in [7, 11) is 0. The average Bonchev–Trinajstić information content (AvgIpc) is 2.95. The number of rotatable bonds is 1. The predicted octanol–water partition coefficient (Wildman–Crippen LogP) is 4.04. The molecule has 0 atom stereocenters. The van der Waals surface area contributed by atoms with Crippen LogP contribution < -0.4 is 9.47 Å². The Kier molecular flexibility index (Phi) is 2.21. The summed E-state index contributed by atoms with van der Waals surface area (Å²) in [4.78, 5) is 0. The fraction of sp³-hybridized carbons (Fsp3) is 0.0588. The van der Waals surface area contributed by atoms with Crippen LogP contribution in [-0.2, 0) is 0 Å². The van der Waals surface area contributed by atoms with Gasteiger partial charge in [-0.05, 0) is 28.5 Å². The van der Waals surface area contributed by atoms with Crippen LogP contribution in [-0.4, -0.2) is 6.79 Å². The molecule has 1 heterocycles. The summed E-state index contributed by atoms with van der Waals surface area (Å²) < 4.78 is 11.0. The summed E-state index contributed by atoms with van der Waals surface area (Å²) in [5.41, 5.74) is 2.06. The maximum Gasteiger partial charge on any atom is 0.231 e. The monoisotopic (exact) mass is 247 g/mol. The van der Waals surface area contributed by atoms with Crippen LogP contribution in [0.15, 0.2) is 54.6 Å². The maximum atomic E-state index is 5.55. The third-order valence-corrected chi connectivity index (χ3v) is 3.35. The Hall–Kier alpha value is -2.48. The van der Waals surface area contributed by atoms with Gasteiger partial charge in [0.1, 0.15) is 0 Å². The van der Waals surface area contributed by atoms with Crippen LogP contribution in [0.3, 0.4) is 0 Å². The van der Waals surface area contributed by atoms with Gasteiger partial charge in [-0.1, -0.05) is 48.5 Å². The zero-order valence-corrected chi connectivity index (χ0v) is 10.2. The Morgan fingerprint density at radius 1 is 0.842 bits per heavy atom. The fourth-order valence-corrected chi connectivity index (χ4v) is 2.42. The lowest BCUT2D eigenvalue weighted by molar-refractivity contribution is 0.174. The summed E-state index contributed by atoms with van der Waals surface area (Å²) >= 11 is 0. The van der Waals surface area contributed by atoms with Crippen LogP contribution in [0.5, 0.6) is 11.5 Å². The normalized spacial score (nSPS) is 12.8. The van der Waals surface area contributed by atoms with E-state index in [1.807, 2.05) is 30.3 Å². The lowest BCUT2D eigenvalue weighted by atomic mass is 10.0. The Balaban J connectivity index is 1.93. The summed E-state index contributed by atoms with van der Waals surface area (Å²) in [5.74, 6) is 1.62. The first-order valence-electron chi connectivity index (χ1n) is 6.22. The number of hydrogen-bond donors (Lipinski definition) is 0. The van der Waals surface area contributed by atoms with E-state index >= 15 is 0 Å². The molecular formula is C17H11O2. The van der Waals surface area contributed by atoms with Gasteiger partial charge in [0.25, 0.3) is 0 Å². The first kappa shape index (κ1) is 10.4. The molecule has 1 aliphatic heterocycles.